The summed E-state index contributed by atoms with van der Waals surface area (Å²) in [5.74, 6) is -0.227. The maximum atomic E-state index is 12.6. The van der Waals surface area contributed by atoms with Gasteiger partial charge in [-0.05, 0) is 18.6 Å². The molecule has 0 saturated heterocycles. The molecule has 0 bridgehead atoms. The number of carbonyl (C=O) groups is 1. The Kier molecular flexibility index (Phi) is 5.25. The number of hydrogen-bond acceptors (Lipinski definition) is 5. The van der Waals surface area contributed by atoms with E-state index >= 15 is 0 Å². The van der Waals surface area contributed by atoms with Crippen LogP contribution in [-0.4, -0.2) is 31.8 Å². The molecule has 0 spiro atoms. The van der Waals surface area contributed by atoms with Crippen molar-refractivity contribution in [3.8, 4) is 0 Å². The lowest BCUT2D eigenvalue weighted by Gasteiger charge is -2.21. The summed E-state index contributed by atoms with van der Waals surface area (Å²) < 4.78 is 1.18. The maximum Gasteiger partial charge on any atom is 0.270 e. The third kappa shape index (κ3) is 4.00. The average molecular weight is 366 g/mol. The van der Waals surface area contributed by atoms with E-state index in [0.29, 0.717) is 18.6 Å². The first-order valence-corrected chi connectivity index (χ1v) is 8.45. The van der Waals surface area contributed by atoms with E-state index in [9.17, 15) is 19.7 Å². The van der Waals surface area contributed by atoms with Gasteiger partial charge in [0.15, 0.2) is 0 Å². The zero-order valence-corrected chi connectivity index (χ0v) is 14.7. The molecular weight excluding hydrogens is 348 g/mol. The number of nitro groups is 1. The van der Waals surface area contributed by atoms with Crippen LogP contribution in [0.3, 0.4) is 0 Å². The molecule has 0 radical (unpaired) electrons. The van der Waals surface area contributed by atoms with Gasteiger partial charge in [0.1, 0.15) is 6.54 Å². The predicted molar refractivity (Wildman–Crippen MR) is 100 cm³/mol. The number of fused-ring (bicyclic) bond motifs is 1. The number of carbonyl (C=O) groups excluding carboxylic acids is 1. The minimum absolute atomic E-state index is 0.116. The Morgan fingerprint density at radius 1 is 1.22 bits per heavy atom. The number of likely N-dealkylation sites (N-methyl/N-ethyl adjacent to an activating group) is 1. The van der Waals surface area contributed by atoms with Crippen molar-refractivity contribution in [2.75, 3.05) is 6.54 Å². The zero-order valence-electron chi connectivity index (χ0n) is 14.7. The first kappa shape index (κ1) is 18.2. The van der Waals surface area contributed by atoms with Crippen LogP contribution < -0.4 is 5.56 Å². The lowest BCUT2D eigenvalue weighted by Crippen LogP contribution is -2.36. The van der Waals surface area contributed by atoms with Crippen LogP contribution in [0.15, 0.2) is 59.7 Å². The normalized spacial score (nSPS) is 10.7. The predicted octanol–water partition coefficient (Wildman–Crippen LogP) is 2.35. The van der Waals surface area contributed by atoms with E-state index in [-0.39, 0.29) is 23.5 Å². The molecule has 8 nitrogen and oxygen atoms in total. The third-order valence-corrected chi connectivity index (χ3v) is 4.27. The summed E-state index contributed by atoms with van der Waals surface area (Å²) in [5, 5.41) is 11.1. The first-order chi connectivity index (χ1) is 13.0. The molecule has 3 aromatic rings. The van der Waals surface area contributed by atoms with Gasteiger partial charge in [-0.2, -0.15) is 0 Å². The molecule has 1 amide bonds. The number of non-ortho nitro benzene ring substituents is 1. The maximum absolute atomic E-state index is 12.6. The molecule has 138 valence electrons. The molecule has 0 aliphatic heterocycles. The Balaban J connectivity index is 1.86. The summed E-state index contributed by atoms with van der Waals surface area (Å²) >= 11 is 0. The number of aromatic nitrogens is 2. The molecular formula is C19H18N4O4. The highest BCUT2D eigenvalue weighted by atomic mass is 16.6. The fraction of sp³-hybridized carbons (Fsp3) is 0.211. The molecule has 0 aliphatic rings. The molecule has 3 rings (SSSR count). The van der Waals surface area contributed by atoms with Gasteiger partial charge in [-0.3, -0.25) is 24.3 Å². The molecule has 27 heavy (non-hydrogen) atoms. The Morgan fingerprint density at radius 3 is 2.63 bits per heavy atom. The van der Waals surface area contributed by atoms with E-state index in [1.54, 1.807) is 4.90 Å². The largest absolute Gasteiger partial charge is 0.337 e. The minimum atomic E-state index is -0.569. The van der Waals surface area contributed by atoms with E-state index in [4.69, 9.17) is 0 Å². The fourth-order valence-electron chi connectivity index (χ4n) is 2.80. The molecule has 0 fully saturated rings. The first-order valence-electron chi connectivity index (χ1n) is 8.45. The van der Waals surface area contributed by atoms with Crippen molar-refractivity contribution in [3.63, 3.8) is 0 Å². The summed E-state index contributed by atoms with van der Waals surface area (Å²) in [4.78, 5) is 41.4. The van der Waals surface area contributed by atoms with Crippen LogP contribution in [0.25, 0.3) is 10.9 Å². The Bertz CT molecular complexity index is 1050. The molecule has 0 saturated carbocycles. The van der Waals surface area contributed by atoms with E-state index in [1.807, 2.05) is 37.3 Å². The SMILES string of the molecule is CCN(Cc1ccccc1)C(=O)Cn1cnc2ccc([N+](=O)[O-])cc2c1=O. The summed E-state index contributed by atoms with van der Waals surface area (Å²) in [6, 6.07) is 13.5. The Morgan fingerprint density at radius 2 is 1.96 bits per heavy atom. The molecule has 2 aromatic carbocycles. The second kappa shape index (κ2) is 7.77. The van der Waals surface area contributed by atoms with Gasteiger partial charge in [-0.25, -0.2) is 4.98 Å². The summed E-state index contributed by atoms with van der Waals surface area (Å²) in [6.45, 7) is 2.63. The van der Waals surface area contributed by atoms with Gasteiger partial charge in [0.05, 0.1) is 22.2 Å². The van der Waals surface area contributed by atoms with Crippen molar-refractivity contribution in [2.24, 2.45) is 0 Å². The highest BCUT2D eigenvalue weighted by molar-refractivity contribution is 5.81. The van der Waals surface area contributed by atoms with E-state index in [1.165, 1.54) is 29.1 Å². The van der Waals surface area contributed by atoms with Crippen molar-refractivity contribution >= 4 is 22.5 Å². The van der Waals surface area contributed by atoms with Gasteiger partial charge in [-0.15, -0.1) is 0 Å². The number of amides is 1. The second-order valence-corrected chi connectivity index (χ2v) is 6.03. The summed E-state index contributed by atoms with van der Waals surface area (Å²) in [6.07, 6.45) is 1.30. The number of rotatable bonds is 6. The lowest BCUT2D eigenvalue weighted by molar-refractivity contribution is -0.384. The van der Waals surface area contributed by atoms with Crippen molar-refractivity contribution < 1.29 is 9.72 Å². The topological polar surface area (TPSA) is 98.3 Å². The van der Waals surface area contributed by atoms with Gasteiger partial charge in [0, 0.05) is 25.2 Å². The second-order valence-electron chi connectivity index (χ2n) is 6.03. The number of hydrogen-bond donors (Lipinski definition) is 0. The van der Waals surface area contributed by atoms with Gasteiger partial charge >= 0.3 is 0 Å². The quantitative estimate of drug-likeness (QED) is 0.493. The van der Waals surface area contributed by atoms with E-state index in [0.717, 1.165) is 5.56 Å². The van der Waals surface area contributed by atoms with E-state index < -0.39 is 10.5 Å². The van der Waals surface area contributed by atoms with E-state index in [2.05, 4.69) is 4.98 Å². The monoisotopic (exact) mass is 366 g/mol. The molecule has 0 N–H and O–H groups in total. The molecule has 0 atom stereocenters. The third-order valence-electron chi connectivity index (χ3n) is 4.27. The van der Waals surface area contributed by atoms with Gasteiger partial charge in [-0.1, -0.05) is 30.3 Å². The van der Waals surface area contributed by atoms with Crippen molar-refractivity contribution in [1.29, 1.82) is 0 Å². The van der Waals surface area contributed by atoms with Crippen LogP contribution in [0.2, 0.25) is 0 Å². The van der Waals surface area contributed by atoms with Gasteiger partial charge in [0.25, 0.3) is 11.2 Å². The summed E-state index contributed by atoms with van der Waals surface area (Å²) in [7, 11) is 0. The summed E-state index contributed by atoms with van der Waals surface area (Å²) in [5.41, 5.74) is 0.677. The number of nitrogens with zero attached hydrogens (tertiary/aromatic N) is 4. The van der Waals surface area contributed by atoms with Crippen molar-refractivity contribution in [2.45, 2.75) is 20.0 Å². The van der Waals surface area contributed by atoms with Crippen LogP contribution in [0.1, 0.15) is 12.5 Å². The average Bonchev–Trinajstić information content (AvgIpc) is 2.68. The Labute approximate surface area is 154 Å². The van der Waals surface area contributed by atoms with Crippen molar-refractivity contribution in [1.82, 2.24) is 14.5 Å². The fourth-order valence-corrected chi connectivity index (χ4v) is 2.80. The van der Waals surface area contributed by atoms with Crippen LogP contribution in [0.4, 0.5) is 5.69 Å². The standard InChI is InChI=1S/C19H18N4O4/c1-2-21(11-14-6-4-3-5-7-14)18(24)12-22-13-20-17-9-8-15(23(26)27)10-16(17)19(22)25/h3-10,13H,2,11-12H2,1H3. The van der Waals surface area contributed by atoms with Gasteiger partial charge in [0.2, 0.25) is 5.91 Å². The van der Waals surface area contributed by atoms with Crippen LogP contribution in [-0.2, 0) is 17.9 Å². The van der Waals surface area contributed by atoms with Gasteiger partial charge < -0.3 is 4.90 Å². The number of nitro benzene ring substituents is 1. The van der Waals surface area contributed by atoms with Crippen LogP contribution >= 0.6 is 0 Å². The molecule has 0 unspecified atom stereocenters. The molecule has 0 aliphatic carbocycles. The minimum Gasteiger partial charge on any atom is -0.337 e. The lowest BCUT2D eigenvalue weighted by atomic mass is 10.2. The molecule has 1 aromatic heterocycles. The smallest absolute Gasteiger partial charge is 0.270 e. The van der Waals surface area contributed by atoms with Crippen LogP contribution in [0.5, 0.6) is 0 Å². The highest BCUT2D eigenvalue weighted by Gasteiger charge is 2.16. The Hall–Kier alpha value is -3.55. The number of benzene rings is 2. The van der Waals surface area contributed by atoms with Crippen molar-refractivity contribution in [3.05, 3.63) is 80.9 Å². The highest BCUT2D eigenvalue weighted by Crippen LogP contribution is 2.16. The zero-order chi connectivity index (χ0) is 19.4. The molecule has 1 heterocycles. The molecule has 8 heteroatoms. The van der Waals surface area contributed by atoms with Crippen LogP contribution in [0, 0.1) is 10.1 Å².